The summed E-state index contributed by atoms with van der Waals surface area (Å²) >= 11 is 1.48. The first-order valence-corrected chi connectivity index (χ1v) is 8.87. The van der Waals surface area contributed by atoms with Gasteiger partial charge in [0.15, 0.2) is 5.03 Å². The maximum absolute atomic E-state index is 12.7. The fourth-order valence-electron chi connectivity index (χ4n) is 2.41. The van der Waals surface area contributed by atoms with Gasteiger partial charge in [0.25, 0.3) is 5.56 Å². The average Bonchev–Trinajstić information content (AvgIpc) is 2.58. The predicted octanol–water partition coefficient (Wildman–Crippen LogP) is 4.45. The lowest BCUT2D eigenvalue weighted by molar-refractivity contribution is 0.881. The fraction of sp³-hybridized carbons (Fsp3) is 0.200. The van der Waals surface area contributed by atoms with E-state index in [9.17, 15) is 4.79 Å². The highest BCUT2D eigenvalue weighted by atomic mass is 32.2. The highest BCUT2D eigenvalue weighted by molar-refractivity contribution is 7.98. The van der Waals surface area contributed by atoms with Crippen LogP contribution in [0.5, 0.6) is 0 Å². The summed E-state index contributed by atoms with van der Waals surface area (Å²) in [5.41, 5.74) is 5.62. The third kappa shape index (κ3) is 3.60. The summed E-state index contributed by atoms with van der Waals surface area (Å²) in [6.07, 6.45) is 3.41. The SMILES string of the molecule is Cc1ccc(CSc2nccn(-c3ccc(C)c(C)c3)c2=O)cc1. The van der Waals surface area contributed by atoms with Gasteiger partial charge in [0.2, 0.25) is 0 Å². The van der Waals surface area contributed by atoms with Gasteiger partial charge in [-0.05, 0) is 49.6 Å². The van der Waals surface area contributed by atoms with Crippen LogP contribution in [0, 0.1) is 20.8 Å². The number of aromatic nitrogens is 2. The second kappa shape index (κ2) is 7.05. The number of nitrogens with zero attached hydrogens (tertiary/aromatic N) is 2. The van der Waals surface area contributed by atoms with Crippen molar-refractivity contribution in [3.63, 3.8) is 0 Å². The minimum atomic E-state index is -0.0714. The van der Waals surface area contributed by atoms with Crippen molar-refractivity contribution in [2.45, 2.75) is 31.6 Å². The molecule has 2 aromatic carbocycles. The molecule has 1 aromatic heterocycles. The number of aryl methyl sites for hydroxylation is 3. The number of hydrogen-bond acceptors (Lipinski definition) is 3. The Bertz CT molecular complexity index is 914. The maximum Gasteiger partial charge on any atom is 0.287 e. The first-order valence-electron chi connectivity index (χ1n) is 7.88. The van der Waals surface area contributed by atoms with E-state index in [2.05, 4.69) is 50.0 Å². The molecule has 0 aliphatic rings. The summed E-state index contributed by atoms with van der Waals surface area (Å²) in [5, 5.41) is 0.524. The van der Waals surface area contributed by atoms with Crippen LogP contribution in [-0.2, 0) is 5.75 Å². The van der Waals surface area contributed by atoms with Crippen LogP contribution < -0.4 is 5.56 Å². The van der Waals surface area contributed by atoms with Gasteiger partial charge < -0.3 is 0 Å². The Hall–Kier alpha value is -2.33. The van der Waals surface area contributed by atoms with Crippen molar-refractivity contribution < 1.29 is 0 Å². The van der Waals surface area contributed by atoms with Crippen LogP contribution in [0.25, 0.3) is 5.69 Å². The lowest BCUT2D eigenvalue weighted by atomic mass is 10.1. The summed E-state index contributed by atoms with van der Waals surface area (Å²) in [6, 6.07) is 14.4. The third-order valence-corrected chi connectivity index (χ3v) is 5.11. The molecule has 0 aliphatic carbocycles. The monoisotopic (exact) mass is 336 g/mol. The Morgan fingerprint density at radius 1 is 1.00 bits per heavy atom. The van der Waals surface area contributed by atoms with Crippen LogP contribution in [-0.4, -0.2) is 9.55 Å². The minimum absolute atomic E-state index is 0.0714. The lowest BCUT2D eigenvalue weighted by Gasteiger charge is -2.09. The van der Waals surface area contributed by atoms with E-state index >= 15 is 0 Å². The van der Waals surface area contributed by atoms with Gasteiger partial charge in [-0.25, -0.2) is 4.98 Å². The summed E-state index contributed by atoms with van der Waals surface area (Å²) < 4.78 is 1.66. The van der Waals surface area contributed by atoms with E-state index in [0.717, 1.165) is 11.4 Å². The quantitative estimate of drug-likeness (QED) is 0.660. The van der Waals surface area contributed by atoms with Crippen LogP contribution >= 0.6 is 11.8 Å². The van der Waals surface area contributed by atoms with Crippen molar-refractivity contribution in [1.82, 2.24) is 9.55 Å². The first kappa shape index (κ1) is 16.5. The van der Waals surface area contributed by atoms with Crippen LogP contribution in [0.4, 0.5) is 0 Å². The summed E-state index contributed by atoms with van der Waals surface area (Å²) in [4.78, 5) is 17.0. The van der Waals surface area contributed by atoms with Gasteiger partial charge in [0.05, 0.1) is 0 Å². The van der Waals surface area contributed by atoms with Crippen LogP contribution in [0.2, 0.25) is 0 Å². The van der Waals surface area contributed by atoms with Crippen molar-refractivity contribution in [3.05, 3.63) is 87.5 Å². The Morgan fingerprint density at radius 2 is 1.75 bits per heavy atom. The minimum Gasteiger partial charge on any atom is -0.280 e. The highest BCUT2D eigenvalue weighted by Crippen LogP contribution is 2.19. The molecule has 0 saturated heterocycles. The second-order valence-electron chi connectivity index (χ2n) is 5.95. The van der Waals surface area contributed by atoms with E-state index in [4.69, 9.17) is 0 Å². The van der Waals surface area contributed by atoms with Crippen LogP contribution in [0.1, 0.15) is 22.3 Å². The number of thioether (sulfide) groups is 1. The molecule has 24 heavy (non-hydrogen) atoms. The molecule has 3 rings (SSSR count). The van der Waals surface area contributed by atoms with Gasteiger partial charge in [-0.2, -0.15) is 0 Å². The molecule has 0 aliphatic heterocycles. The van der Waals surface area contributed by atoms with Crippen molar-refractivity contribution in [3.8, 4) is 5.69 Å². The smallest absolute Gasteiger partial charge is 0.280 e. The third-order valence-electron chi connectivity index (χ3n) is 4.07. The standard InChI is InChI=1S/C20H20N2OS/c1-14-4-7-17(8-5-14)13-24-19-20(23)22(11-10-21-19)18-9-6-15(2)16(3)12-18/h4-12H,13H2,1-3H3. The van der Waals surface area contributed by atoms with Gasteiger partial charge in [-0.1, -0.05) is 47.7 Å². The molecule has 0 bridgehead atoms. The topological polar surface area (TPSA) is 34.9 Å². The molecule has 3 aromatic rings. The Labute approximate surface area is 146 Å². The van der Waals surface area contributed by atoms with Gasteiger partial charge in [-0.3, -0.25) is 9.36 Å². The molecule has 3 nitrogen and oxygen atoms in total. The van der Waals surface area contributed by atoms with E-state index in [1.54, 1.807) is 17.0 Å². The van der Waals surface area contributed by atoms with Crippen molar-refractivity contribution in [1.29, 1.82) is 0 Å². The maximum atomic E-state index is 12.7. The fourth-order valence-corrected chi connectivity index (χ4v) is 3.26. The molecule has 1 heterocycles. The van der Waals surface area contributed by atoms with Crippen molar-refractivity contribution >= 4 is 11.8 Å². The average molecular weight is 336 g/mol. The summed E-state index contributed by atoms with van der Waals surface area (Å²) in [6.45, 7) is 6.19. The van der Waals surface area contributed by atoms with E-state index in [-0.39, 0.29) is 5.56 Å². The highest BCUT2D eigenvalue weighted by Gasteiger charge is 2.08. The van der Waals surface area contributed by atoms with Gasteiger partial charge in [-0.15, -0.1) is 0 Å². The normalized spacial score (nSPS) is 10.8. The zero-order chi connectivity index (χ0) is 17.1. The Balaban J connectivity index is 1.86. The zero-order valence-corrected chi connectivity index (χ0v) is 14.9. The zero-order valence-electron chi connectivity index (χ0n) is 14.1. The molecule has 0 unspecified atom stereocenters. The van der Waals surface area contributed by atoms with Crippen molar-refractivity contribution in [2.24, 2.45) is 0 Å². The Kier molecular flexibility index (Phi) is 4.86. The number of benzene rings is 2. The van der Waals surface area contributed by atoms with E-state index in [0.29, 0.717) is 5.03 Å². The summed E-state index contributed by atoms with van der Waals surface area (Å²) in [5.74, 6) is 0.736. The van der Waals surface area contributed by atoms with Gasteiger partial charge in [0.1, 0.15) is 0 Å². The number of hydrogen-bond donors (Lipinski definition) is 0. The van der Waals surface area contributed by atoms with E-state index in [1.807, 2.05) is 18.2 Å². The first-order chi connectivity index (χ1) is 11.5. The lowest BCUT2D eigenvalue weighted by Crippen LogP contribution is -2.20. The molecule has 0 spiro atoms. The molecule has 0 fully saturated rings. The number of rotatable bonds is 4. The van der Waals surface area contributed by atoms with Crippen LogP contribution in [0.15, 0.2) is 64.7 Å². The van der Waals surface area contributed by atoms with E-state index < -0.39 is 0 Å². The van der Waals surface area contributed by atoms with Gasteiger partial charge in [0, 0.05) is 23.8 Å². The molecule has 0 amide bonds. The van der Waals surface area contributed by atoms with E-state index in [1.165, 1.54) is 34.0 Å². The Morgan fingerprint density at radius 3 is 2.46 bits per heavy atom. The molecule has 0 radical (unpaired) electrons. The predicted molar refractivity (Wildman–Crippen MR) is 100 cm³/mol. The molecular formula is C20H20N2OS. The van der Waals surface area contributed by atoms with Crippen LogP contribution in [0.3, 0.4) is 0 Å². The molecule has 0 N–H and O–H groups in total. The molecule has 122 valence electrons. The summed E-state index contributed by atoms with van der Waals surface area (Å²) in [7, 11) is 0. The molecular weight excluding hydrogens is 316 g/mol. The van der Waals surface area contributed by atoms with Gasteiger partial charge >= 0.3 is 0 Å². The van der Waals surface area contributed by atoms with Crippen molar-refractivity contribution in [2.75, 3.05) is 0 Å². The molecule has 0 saturated carbocycles. The largest absolute Gasteiger partial charge is 0.287 e. The molecule has 4 heteroatoms. The second-order valence-corrected chi connectivity index (χ2v) is 6.91. The molecule has 0 atom stereocenters.